The number of aromatic nitrogens is 5. The Balaban J connectivity index is 2.17. The van der Waals surface area contributed by atoms with Gasteiger partial charge in [-0.25, -0.2) is 19.5 Å². The van der Waals surface area contributed by atoms with E-state index in [1.165, 1.54) is 46.8 Å². The Bertz CT molecular complexity index is 1200. The Morgan fingerprint density at radius 2 is 1.92 bits per heavy atom. The number of rotatable bonds is 2. The van der Waals surface area contributed by atoms with Crippen LogP contribution in [0.1, 0.15) is 5.56 Å². The largest absolute Gasteiger partial charge is 0.418 e. The number of hydrogen-bond donors (Lipinski definition) is 0. The van der Waals surface area contributed by atoms with Gasteiger partial charge in [0.2, 0.25) is 5.78 Å². The highest BCUT2D eigenvalue weighted by Gasteiger charge is 2.34. The Kier molecular flexibility index (Phi) is 3.72. The van der Waals surface area contributed by atoms with Crippen LogP contribution in [0.5, 0.6) is 0 Å². The fourth-order valence-corrected chi connectivity index (χ4v) is 3.09. The van der Waals surface area contributed by atoms with Crippen molar-refractivity contribution < 1.29 is 13.2 Å². The third-order valence-corrected chi connectivity index (χ3v) is 4.42. The molecule has 0 spiro atoms. The summed E-state index contributed by atoms with van der Waals surface area (Å²) in [6, 6.07) is 4.88. The first-order valence-corrected chi connectivity index (χ1v) is 8.59. The van der Waals surface area contributed by atoms with Crippen molar-refractivity contribution in [2.24, 2.45) is 0 Å². The van der Waals surface area contributed by atoms with E-state index in [1.807, 2.05) is 0 Å². The quantitative estimate of drug-likeness (QED) is 0.397. The van der Waals surface area contributed by atoms with Gasteiger partial charge in [-0.2, -0.15) is 13.2 Å². The van der Waals surface area contributed by atoms with Crippen LogP contribution in [0.3, 0.4) is 0 Å². The molecule has 0 fully saturated rings. The Morgan fingerprint density at radius 1 is 1.15 bits per heavy atom. The maximum absolute atomic E-state index is 13.4. The molecule has 26 heavy (non-hydrogen) atoms. The molecule has 0 unspecified atom stereocenters. The fourth-order valence-electron chi connectivity index (χ4n) is 2.75. The summed E-state index contributed by atoms with van der Waals surface area (Å²) in [4.78, 5) is 25.4. The second-order valence-electron chi connectivity index (χ2n) is 5.35. The van der Waals surface area contributed by atoms with Gasteiger partial charge in [0.05, 0.1) is 11.3 Å². The Hall–Kier alpha value is -2.88. The van der Waals surface area contributed by atoms with Crippen molar-refractivity contribution in [1.82, 2.24) is 23.9 Å². The molecule has 3 aromatic heterocycles. The van der Waals surface area contributed by atoms with E-state index >= 15 is 0 Å². The van der Waals surface area contributed by atoms with Gasteiger partial charge in [-0.15, -0.1) is 0 Å². The maximum Gasteiger partial charge on any atom is 0.418 e. The fraction of sp³-hybridized carbons (Fsp3) is 0.125. The highest BCUT2D eigenvalue weighted by molar-refractivity contribution is 7.98. The number of alkyl halides is 3. The van der Waals surface area contributed by atoms with E-state index < -0.39 is 17.3 Å². The average Bonchev–Trinajstić information content (AvgIpc) is 3.10. The van der Waals surface area contributed by atoms with Gasteiger partial charge in [-0.3, -0.25) is 9.20 Å². The van der Waals surface area contributed by atoms with Crippen LogP contribution in [-0.4, -0.2) is 30.2 Å². The minimum atomic E-state index is -4.62. The van der Waals surface area contributed by atoms with Crippen molar-refractivity contribution in [3.63, 3.8) is 0 Å². The molecule has 3 heterocycles. The minimum absolute atomic E-state index is 0.0463. The molecule has 6 nitrogen and oxygen atoms in total. The molecule has 0 saturated carbocycles. The van der Waals surface area contributed by atoms with Crippen molar-refractivity contribution in [3.05, 3.63) is 58.8 Å². The molecule has 132 valence electrons. The minimum Gasteiger partial charge on any atom is -0.268 e. The SMILES string of the molecule is CSc1ncc2c(=O)n(-c3ccccc3C(F)(F)F)c3nccn3c2n1. The molecule has 1 aromatic carbocycles. The van der Waals surface area contributed by atoms with Crippen LogP contribution in [0.4, 0.5) is 13.2 Å². The van der Waals surface area contributed by atoms with E-state index in [4.69, 9.17) is 0 Å². The van der Waals surface area contributed by atoms with Crippen LogP contribution in [0.25, 0.3) is 22.5 Å². The van der Waals surface area contributed by atoms with Crippen LogP contribution in [0, 0.1) is 0 Å². The summed E-state index contributed by atoms with van der Waals surface area (Å²) in [6.07, 6.45) is 1.44. The Labute approximate surface area is 148 Å². The van der Waals surface area contributed by atoms with E-state index in [1.54, 1.807) is 12.5 Å². The maximum atomic E-state index is 13.4. The van der Waals surface area contributed by atoms with Crippen molar-refractivity contribution in [3.8, 4) is 5.69 Å². The second kappa shape index (κ2) is 5.84. The van der Waals surface area contributed by atoms with E-state index in [0.717, 1.165) is 10.6 Å². The van der Waals surface area contributed by atoms with Crippen LogP contribution in [-0.2, 0) is 6.18 Å². The second-order valence-corrected chi connectivity index (χ2v) is 6.12. The molecular formula is C16H10F3N5OS. The van der Waals surface area contributed by atoms with Crippen LogP contribution >= 0.6 is 11.8 Å². The normalized spacial score (nSPS) is 12.2. The lowest BCUT2D eigenvalue weighted by molar-refractivity contribution is -0.137. The standard InChI is InChI=1S/C16H10F3N5OS/c1-26-14-21-8-9-12(22-14)23-7-6-20-15(23)24(13(9)25)11-5-3-2-4-10(11)16(17,18)19/h2-8H,1H3. The first-order valence-electron chi connectivity index (χ1n) is 7.37. The molecule has 0 radical (unpaired) electrons. The first-order chi connectivity index (χ1) is 12.4. The van der Waals surface area contributed by atoms with Gasteiger partial charge in [0.1, 0.15) is 5.39 Å². The summed E-state index contributed by atoms with van der Waals surface area (Å²) in [7, 11) is 0. The van der Waals surface area contributed by atoms with Gasteiger partial charge in [0, 0.05) is 18.6 Å². The van der Waals surface area contributed by atoms with Crippen molar-refractivity contribution >= 4 is 28.6 Å². The smallest absolute Gasteiger partial charge is 0.268 e. The molecule has 0 aliphatic heterocycles. The Morgan fingerprint density at radius 3 is 2.65 bits per heavy atom. The zero-order valence-corrected chi connectivity index (χ0v) is 14.0. The van der Waals surface area contributed by atoms with E-state index in [0.29, 0.717) is 10.8 Å². The van der Waals surface area contributed by atoms with Crippen LogP contribution in [0.2, 0.25) is 0 Å². The zero-order valence-electron chi connectivity index (χ0n) is 13.2. The van der Waals surface area contributed by atoms with Gasteiger partial charge >= 0.3 is 6.18 Å². The summed E-state index contributed by atoms with van der Waals surface area (Å²) in [5.41, 5.74) is -1.59. The molecule has 4 rings (SSSR count). The van der Waals surface area contributed by atoms with Gasteiger partial charge in [0.15, 0.2) is 10.8 Å². The number of halogens is 3. The number of benzene rings is 1. The molecule has 0 bridgehead atoms. The monoisotopic (exact) mass is 377 g/mol. The number of fused-ring (bicyclic) bond motifs is 3. The van der Waals surface area contributed by atoms with Gasteiger partial charge in [-0.05, 0) is 18.4 Å². The van der Waals surface area contributed by atoms with E-state index in [-0.39, 0.29) is 16.9 Å². The highest BCUT2D eigenvalue weighted by atomic mass is 32.2. The zero-order chi connectivity index (χ0) is 18.5. The number of para-hydroxylation sites is 1. The third-order valence-electron chi connectivity index (χ3n) is 3.86. The van der Waals surface area contributed by atoms with Gasteiger partial charge in [-0.1, -0.05) is 23.9 Å². The summed E-state index contributed by atoms with van der Waals surface area (Å²) >= 11 is 1.29. The average molecular weight is 377 g/mol. The first kappa shape index (κ1) is 16.6. The molecule has 0 saturated heterocycles. The number of thioether (sulfide) groups is 1. The van der Waals surface area contributed by atoms with Gasteiger partial charge < -0.3 is 0 Å². The summed E-state index contributed by atoms with van der Waals surface area (Å²) < 4.78 is 42.7. The highest BCUT2D eigenvalue weighted by Crippen LogP contribution is 2.33. The summed E-state index contributed by atoms with van der Waals surface area (Å²) in [5.74, 6) is 0.0463. The van der Waals surface area contributed by atoms with Crippen molar-refractivity contribution in [2.75, 3.05) is 6.26 Å². The summed E-state index contributed by atoms with van der Waals surface area (Å²) in [6.45, 7) is 0. The van der Waals surface area contributed by atoms with E-state index in [9.17, 15) is 18.0 Å². The van der Waals surface area contributed by atoms with Crippen molar-refractivity contribution in [2.45, 2.75) is 11.3 Å². The molecule has 0 atom stereocenters. The molecule has 0 N–H and O–H groups in total. The van der Waals surface area contributed by atoms with Crippen LogP contribution < -0.4 is 5.56 Å². The molecule has 0 amide bonds. The number of nitrogens with zero attached hydrogens (tertiary/aromatic N) is 5. The molecular weight excluding hydrogens is 367 g/mol. The van der Waals surface area contributed by atoms with Crippen LogP contribution in [0.15, 0.2) is 52.8 Å². The lowest BCUT2D eigenvalue weighted by Crippen LogP contribution is -2.25. The predicted octanol–water partition coefficient (Wildman–Crippen LogP) is 3.17. The lowest BCUT2D eigenvalue weighted by atomic mass is 10.1. The molecule has 10 heteroatoms. The van der Waals surface area contributed by atoms with E-state index in [2.05, 4.69) is 15.0 Å². The number of hydrogen-bond acceptors (Lipinski definition) is 5. The topological polar surface area (TPSA) is 65.1 Å². The molecule has 0 aliphatic rings. The predicted molar refractivity (Wildman–Crippen MR) is 90.7 cm³/mol. The van der Waals surface area contributed by atoms with Crippen molar-refractivity contribution in [1.29, 1.82) is 0 Å². The third kappa shape index (κ3) is 2.45. The lowest BCUT2D eigenvalue weighted by Gasteiger charge is -2.16. The molecule has 4 aromatic rings. The number of imidazole rings is 1. The van der Waals surface area contributed by atoms with Gasteiger partial charge in [0.25, 0.3) is 5.56 Å². The molecule has 0 aliphatic carbocycles. The summed E-state index contributed by atoms with van der Waals surface area (Å²) in [5, 5.41) is 0.547.